The van der Waals surface area contributed by atoms with Crippen LogP contribution in [0, 0.1) is 5.82 Å². The summed E-state index contributed by atoms with van der Waals surface area (Å²) in [5.74, 6) is -0.710. The lowest BCUT2D eigenvalue weighted by Crippen LogP contribution is -2.39. The molecule has 13 heteroatoms. The van der Waals surface area contributed by atoms with Gasteiger partial charge in [0.15, 0.2) is 6.61 Å². The Morgan fingerprint density at radius 2 is 1.74 bits per heavy atom. The van der Waals surface area contributed by atoms with E-state index in [4.69, 9.17) is 21.1 Å². The number of sulfonamides is 1. The maximum absolute atomic E-state index is 12.9. The molecule has 0 unspecified atom stereocenters. The minimum atomic E-state index is -3.80. The molecule has 0 heterocycles. The van der Waals surface area contributed by atoms with Gasteiger partial charge in [-0.05, 0) is 72.3 Å². The second-order valence-corrected chi connectivity index (χ2v) is 10.1. The number of hydrogen-bond donors (Lipinski definition) is 2. The smallest absolute Gasteiger partial charge is 0.262 e. The molecule has 0 saturated heterocycles. The molecule has 3 aromatic rings. The van der Waals surface area contributed by atoms with E-state index in [2.05, 4.69) is 15.8 Å². The summed E-state index contributed by atoms with van der Waals surface area (Å²) in [5, 5.41) is 6.63. The monoisotopic (exact) mass is 562 g/mol. The molecule has 0 atom stereocenters. The van der Waals surface area contributed by atoms with Gasteiger partial charge in [0.1, 0.15) is 23.9 Å². The molecule has 0 aliphatic heterocycles. The Balaban J connectivity index is 1.51. The Labute approximate surface area is 224 Å². The van der Waals surface area contributed by atoms with Gasteiger partial charge in [0.25, 0.3) is 11.8 Å². The molecule has 0 spiro atoms. The van der Waals surface area contributed by atoms with Crippen molar-refractivity contribution in [1.29, 1.82) is 0 Å². The number of carbonyl (C=O) groups is 2. The number of nitrogens with zero attached hydrogens (tertiary/aromatic N) is 2. The fourth-order valence-corrected chi connectivity index (χ4v) is 4.18. The summed E-state index contributed by atoms with van der Waals surface area (Å²) in [7, 11) is -2.37. The Kier molecular flexibility index (Phi) is 9.63. The van der Waals surface area contributed by atoms with E-state index in [-0.39, 0.29) is 17.3 Å². The van der Waals surface area contributed by atoms with Gasteiger partial charge < -0.3 is 14.8 Å². The number of hydrazone groups is 1. The van der Waals surface area contributed by atoms with E-state index in [9.17, 15) is 22.4 Å². The van der Waals surface area contributed by atoms with Crippen LogP contribution in [0.1, 0.15) is 5.56 Å². The molecule has 2 N–H and O–H groups in total. The van der Waals surface area contributed by atoms with Crippen LogP contribution in [0.25, 0.3) is 0 Å². The Morgan fingerprint density at radius 3 is 2.34 bits per heavy atom. The van der Waals surface area contributed by atoms with Crippen molar-refractivity contribution in [3.63, 3.8) is 0 Å². The van der Waals surface area contributed by atoms with Crippen molar-refractivity contribution in [2.75, 3.05) is 36.1 Å². The van der Waals surface area contributed by atoms with Crippen LogP contribution < -0.4 is 24.5 Å². The predicted molar refractivity (Wildman–Crippen MR) is 143 cm³/mol. The zero-order chi connectivity index (χ0) is 27.7. The van der Waals surface area contributed by atoms with Gasteiger partial charge in [-0.3, -0.25) is 13.9 Å². The first-order chi connectivity index (χ1) is 18.0. The van der Waals surface area contributed by atoms with Gasteiger partial charge in [-0.15, -0.1) is 0 Å². The van der Waals surface area contributed by atoms with Crippen molar-refractivity contribution in [3.05, 3.63) is 83.1 Å². The second kappa shape index (κ2) is 12.9. The predicted octanol–water partition coefficient (Wildman–Crippen LogP) is 3.42. The lowest BCUT2D eigenvalue weighted by molar-refractivity contribution is -0.119. The molecule has 0 aliphatic carbocycles. The molecule has 0 saturated carbocycles. The molecule has 0 aromatic heterocycles. The average molecular weight is 563 g/mol. The number of ether oxygens (including phenoxy) is 2. The van der Waals surface area contributed by atoms with Crippen LogP contribution in [0.5, 0.6) is 11.5 Å². The van der Waals surface area contributed by atoms with E-state index in [1.807, 2.05) is 0 Å². The van der Waals surface area contributed by atoms with Gasteiger partial charge in [-0.25, -0.2) is 18.2 Å². The third-order valence-corrected chi connectivity index (χ3v) is 6.33. The molecular weight excluding hydrogens is 539 g/mol. The Morgan fingerprint density at radius 1 is 1.05 bits per heavy atom. The van der Waals surface area contributed by atoms with Crippen LogP contribution in [-0.4, -0.2) is 53.0 Å². The third kappa shape index (κ3) is 8.46. The Bertz CT molecular complexity index is 1420. The average Bonchev–Trinajstić information content (AvgIpc) is 2.87. The highest BCUT2D eigenvalue weighted by Crippen LogP contribution is 2.30. The summed E-state index contributed by atoms with van der Waals surface area (Å²) >= 11 is 6.08. The van der Waals surface area contributed by atoms with E-state index >= 15 is 0 Å². The largest absolute Gasteiger partial charge is 0.495 e. The van der Waals surface area contributed by atoms with Crippen molar-refractivity contribution in [2.45, 2.75) is 0 Å². The van der Waals surface area contributed by atoms with Gasteiger partial charge in [0.2, 0.25) is 10.0 Å². The van der Waals surface area contributed by atoms with Gasteiger partial charge in [0, 0.05) is 5.69 Å². The highest BCUT2D eigenvalue weighted by molar-refractivity contribution is 7.92. The number of methoxy groups -OCH3 is 1. The fourth-order valence-electron chi connectivity index (χ4n) is 3.08. The van der Waals surface area contributed by atoms with E-state index in [0.29, 0.717) is 22.7 Å². The highest BCUT2D eigenvalue weighted by Gasteiger charge is 2.21. The molecule has 38 heavy (non-hydrogen) atoms. The third-order valence-electron chi connectivity index (χ3n) is 4.89. The van der Waals surface area contributed by atoms with Crippen molar-refractivity contribution >= 4 is 51.0 Å². The van der Waals surface area contributed by atoms with Gasteiger partial charge in [-0.1, -0.05) is 11.6 Å². The zero-order valence-electron chi connectivity index (χ0n) is 20.4. The molecule has 3 aromatic carbocycles. The van der Waals surface area contributed by atoms with Gasteiger partial charge in [0.05, 0.1) is 30.3 Å². The SMILES string of the molecule is COc1ccc(N(CC(=O)N/N=C\c2ccc(OCC(=O)Nc3ccc(F)cc3)cc2)S(C)(=O)=O)cc1Cl. The molecular formula is C25H24ClFN4O6S. The molecule has 0 radical (unpaired) electrons. The summed E-state index contributed by atoms with van der Waals surface area (Å²) in [6, 6.07) is 16.2. The summed E-state index contributed by atoms with van der Waals surface area (Å²) in [5.41, 5.74) is 3.53. The van der Waals surface area contributed by atoms with Gasteiger partial charge in [-0.2, -0.15) is 5.10 Å². The maximum Gasteiger partial charge on any atom is 0.262 e. The van der Waals surface area contributed by atoms with Crippen LogP contribution in [0.2, 0.25) is 5.02 Å². The number of amides is 2. The van der Waals surface area contributed by atoms with Crippen LogP contribution >= 0.6 is 11.6 Å². The standard InChI is InChI=1S/C25H24ClFN4O6S/c1-36-23-12-9-20(13-22(23)26)31(38(2,34)35)15-24(32)30-28-14-17-3-10-21(11-4-17)37-16-25(33)29-19-7-5-18(27)6-8-19/h3-14H,15-16H2,1-2H3,(H,29,33)(H,30,32)/b28-14-. The molecule has 3 rings (SSSR count). The molecule has 200 valence electrons. The normalized spacial score (nSPS) is 11.2. The number of carbonyl (C=O) groups excluding carboxylic acids is 2. The van der Waals surface area contributed by atoms with Crippen LogP contribution in [0.4, 0.5) is 15.8 Å². The van der Waals surface area contributed by atoms with Crippen LogP contribution in [0.15, 0.2) is 71.8 Å². The topological polar surface area (TPSA) is 126 Å². The first-order valence-corrected chi connectivity index (χ1v) is 13.2. The van der Waals surface area contributed by atoms with Crippen molar-refractivity contribution < 1.29 is 31.9 Å². The van der Waals surface area contributed by atoms with E-state index < -0.39 is 34.2 Å². The second-order valence-electron chi connectivity index (χ2n) is 7.79. The number of nitrogens with one attached hydrogen (secondary N) is 2. The summed E-state index contributed by atoms with van der Waals surface area (Å²) in [6.45, 7) is -0.775. The summed E-state index contributed by atoms with van der Waals surface area (Å²) in [6.07, 6.45) is 2.33. The molecule has 0 bridgehead atoms. The number of benzene rings is 3. The van der Waals surface area contributed by atoms with E-state index in [1.165, 1.54) is 55.8 Å². The summed E-state index contributed by atoms with van der Waals surface area (Å²) < 4.78 is 48.8. The van der Waals surface area contributed by atoms with Gasteiger partial charge >= 0.3 is 0 Å². The number of anilines is 2. The lowest BCUT2D eigenvalue weighted by Gasteiger charge is -2.21. The quantitative estimate of drug-likeness (QED) is 0.272. The van der Waals surface area contributed by atoms with Crippen LogP contribution in [-0.2, 0) is 19.6 Å². The number of hydrogen-bond acceptors (Lipinski definition) is 7. The number of rotatable bonds is 11. The highest BCUT2D eigenvalue weighted by atomic mass is 35.5. The molecule has 0 fully saturated rings. The molecule has 0 aliphatic rings. The fraction of sp³-hybridized carbons (Fsp3) is 0.160. The minimum Gasteiger partial charge on any atom is -0.495 e. The zero-order valence-corrected chi connectivity index (χ0v) is 21.9. The summed E-state index contributed by atoms with van der Waals surface area (Å²) in [4.78, 5) is 24.3. The first kappa shape index (κ1) is 28.4. The Hall–Kier alpha value is -4.16. The minimum absolute atomic E-state index is 0.193. The van der Waals surface area contributed by atoms with Crippen LogP contribution in [0.3, 0.4) is 0 Å². The van der Waals surface area contributed by atoms with Crippen molar-refractivity contribution in [1.82, 2.24) is 5.43 Å². The van der Waals surface area contributed by atoms with E-state index in [0.717, 1.165) is 10.6 Å². The van der Waals surface area contributed by atoms with Crippen molar-refractivity contribution in [2.24, 2.45) is 5.10 Å². The van der Waals surface area contributed by atoms with E-state index in [1.54, 1.807) is 24.3 Å². The molecule has 2 amide bonds. The van der Waals surface area contributed by atoms with Crippen molar-refractivity contribution in [3.8, 4) is 11.5 Å². The first-order valence-electron chi connectivity index (χ1n) is 11.0. The molecule has 10 nitrogen and oxygen atoms in total. The number of halogens is 2. The lowest BCUT2D eigenvalue weighted by atomic mass is 10.2. The maximum atomic E-state index is 12.9.